The van der Waals surface area contributed by atoms with Gasteiger partial charge in [0.25, 0.3) is 0 Å². The molecule has 0 saturated carbocycles. The molecule has 0 atom stereocenters. The first-order valence-corrected chi connectivity index (χ1v) is 11.4. The second-order valence-electron chi connectivity index (χ2n) is 8.67. The van der Waals surface area contributed by atoms with Crippen molar-refractivity contribution in [1.82, 2.24) is 14.5 Å². The molecule has 0 unspecified atom stereocenters. The highest BCUT2D eigenvalue weighted by molar-refractivity contribution is 5.84. The monoisotopic (exact) mass is 427 g/mol. The minimum Gasteiger partial charge on any atom is -0.497 e. The van der Waals surface area contributed by atoms with E-state index in [0.717, 1.165) is 69.0 Å². The van der Waals surface area contributed by atoms with Crippen molar-refractivity contribution in [3.8, 4) is 5.75 Å². The predicted octanol–water partition coefficient (Wildman–Crippen LogP) is 4.40. The summed E-state index contributed by atoms with van der Waals surface area (Å²) in [5.41, 5.74) is 9.12. The minimum atomic E-state index is 0.783. The Morgan fingerprint density at radius 2 is 1.75 bits per heavy atom. The molecule has 0 bridgehead atoms. The van der Waals surface area contributed by atoms with Gasteiger partial charge in [0.2, 0.25) is 6.41 Å². The van der Waals surface area contributed by atoms with Gasteiger partial charge in [-0.1, -0.05) is 42.0 Å². The molecule has 5 rings (SSSR count). The molecule has 32 heavy (non-hydrogen) atoms. The summed E-state index contributed by atoms with van der Waals surface area (Å²) < 4.78 is 7.70. The highest BCUT2D eigenvalue weighted by Crippen LogP contribution is 2.38. The topological polar surface area (TPSA) is 47.4 Å². The molecule has 5 heteroatoms. The first kappa shape index (κ1) is 20.6. The van der Waals surface area contributed by atoms with Crippen LogP contribution in [0.2, 0.25) is 0 Å². The van der Waals surface area contributed by atoms with Gasteiger partial charge >= 0.3 is 0 Å². The molecule has 1 aliphatic heterocycles. The lowest BCUT2D eigenvalue weighted by molar-refractivity contribution is -0.118. The normalized spacial score (nSPS) is 15.8. The minimum absolute atomic E-state index is 0.783. The molecule has 1 amide bonds. The number of rotatable bonds is 4. The van der Waals surface area contributed by atoms with Crippen molar-refractivity contribution in [2.45, 2.75) is 39.2 Å². The average Bonchev–Trinajstić information content (AvgIpc) is 3.04. The van der Waals surface area contributed by atoms with E-state index in [1.807, 2.05) is 17.0 Å². The number of nitrogens with zero attached hydrogens (tertiary/aromatic N) is 3. The molecule has 2 aliphatic rings. The van der Waals surface area contributed by atoms with Crippen LogP contribution in [0.4, 0.5) is 0 Å². The standard InChI is InChI=1S/C27H29N3O2/c1-19-28-27-25(30(19)17-20-7-10-23(32-2)11-8-20)12-9-21-5-3-4-6-24(21)26(27)22-13-15-29(18-31)16-14-22/h3-8,10-11,18H,9,12-17H2,1-2H3. The number of aryl methyl sites for hydroxylation is 2. The Kier molecular flexibility index (Phi) is 5.56. The SMILES string of the molecule is COc1ccc(Cn2c(C)nc3c2CCc2ccccc2C3=C2CCN(C=O)CC2)cc1. The third-order valence-electron chi connectivity index (χ3n) is 6.82. The number of ether oxygens (including phenoxy) is 1. The Balaban J connectivity index is 1.60. The summed E-state index contributed by atoms with van der Waals surface area (Å²) in [6.07, 6.45) is 4.77. The van der Waals surface area contributed by atoms with Crippen LogP contribution in [-0.4, -0.2) is 41.1 Å². The molecular formula is C27H29N3O2. The first-order chi connectivity index (χ1) is 15.7. The van der Waals surface area contributed by atoms with Gasteiger partial charge in [0.05, 0.1) is 12.8 Å². The molecule has 0 N–H and O–H groups in total. The van der Waals surface area contributed by atoms with Crippen LogP contribution in [0.1, 0.15) is 46.7 Å². The van der Waals surface area contributed by atoms with Crippen LogP contribution in [0, 0.1) is 6.92 Å². The predicted molar refractivity (Wildman–Crippen MR) is 126 cm³/mol. The summed E-state index contributed by atoms with van der Waals surface area (Å²) in [5, 5.41) is 0. The van der Waals surface area contributed by atoms with Gasteiger partial charge in [-0.3, -0.25) is 4.79 Å². The molecule has 2 aromatic carbocycles. The Bertz CT molecular complexity index is 1160. The number of methoxy groups -OCH3 is 1. The average molecular weight is 428 g/mol. The third kappa shape index (κ3) is 3.72. The molecule has 3 aromatic rings. The molecule has 1 fully saturated rings. The number of hydrogen-bond donors (Lipinski definition) is 0. The fourth-order valence-corrected chi connectivity index (χ4v) is 5.06. The molecular weight excluding hydrogens is 398 g/mol. The van der Waals surface area contributed by atoms with Gasteiger partial charge in [0.15, 0.2) is 0 Å². The number of imidazole rings is 1. The second kappa shape index (κ2) is 8.65. The first-order valence-electron chi connectivity index (χ1n) is 11.4. The highest BCUT2D eigenvalue weighted by Gasteiger charge is 2.27. The lowest BCUT2D eigenvalue weighted by Gasteiger charge is -2.27. The lowest BCUT2D eigenvalue weighted by Crippen LogP contribution is -2.29. The number of hydrogen-bond acceptors (Lipinski definition) is 3. The number of benzene rings is 2. The summed E-state index contributed by atoms with van der Waals surface area (Å²) in [4.78, 5) is 18.3. The zero-order valence-corrected chi connectivity index (χ0v) is 18.8. The van der Waals surface area contributed by atoms with Crippen molar-refractivity contribution in [2.75, 3.05) is 20.2 Å². The smallest absolute Gasteiger partial charge is 0.209 e. The van der Waals surface area contributed by atoms with E-state index in [-0.39, 0.29) is 0 Å². The molecule has 0 radical (unpaired) electrons. The van der Waals surface area contributed by atoms with E-state index in [0.29, 0.717) is 0 Å². The largest absolute Gasteiger partial charge is 0.497 e. The van der Waals surface area contributed by atoms with Crippen molar-refractivity contribution in [3.63, 3.8) is 0 Å². The molecule has 0 spiro atoms. The number of fused-ring (bicyclic) bond motifs is 2. The summed E-state index contributed by atoms with van der Waals surface area (Å²) in [5.74, 6) is 1.92. The summed E-state index contributed by atoms with van der Waals surface area (Å²) in [6.45, 7) is 4.48. The zero-order chi connectivity index (χ0) is 22.1. The van der Waals surface area contributed by atoms with E-state index in [9.17, 15) is 4.79 Å². The Morgan fingerprint density at radius 3 is 2.47 bits per heavy atom. The van der Waals surface area contributed by atoms with Crippen LogP contribution in [0.25, 0.3) is 5.57 Å². The van der Waals surface area contributed by atoms with Gasteiger partial charge in [-0.05, 0) is 61.4 Å². The number of aromatic nitrogens is 2. The zero-order valence-electron chi connectivity index (χ0n) is 18.8. The van der Waals surface area contributed by atoms with E-state index in [1.165, 1.54) is 33.5 Å². The van der Waals surface area contributed by atoms with Crippen molar-refractivity contribution in [1.29, 1.82) is 0 Å². The van der Waals surface area contributed by atoms with E-state index in [4.69, 9.17) is 9.72 Å². The highest BCUT2D eigenvalue weighted by atomic mass is 16.5. The maximum atomic E-state index is 11.2. The lowest BCUT2D eigenvalue weighted by atomic mass is 9.89. The summed E-state index contributed by atoms with van der Waals surface area (Å²) in [7, 11) is 1.70. The maximum absolute atomic E-state index is 11.2. The van der Waals surface area contributed by atoms with Gasteiger partial charge in [-0.15, -0.1) is 0 Å². The molecule has 2 heterocycles. The van der Waals surface area contributed by atoms with E-state index in [1.54, 1.807) is 7.11 Å². The number of likely N-dealkylation sites (tertiary alicyclic amines) is 1. The van der Waals surface area contributed by atoms with Crippen molar-refractivity contribution >= 4 is 12.0 Å². The van der Waals surface area contributed by atoms with E-state index in [2.05, 4.69) is 47.9 Å². The summed E-state index contributed by atoms with van der Waals surface area (Å²) >= 11 is 0. The van der Waals surface area contributed by atoms with Gasteiger partial charge < -0.3 is 14.2 Å². The fourth-order valence-electron chi connectivity index (χ4n) is 5.06. The number of amides is 1. The van der Waals surface area contributed by atoms with Gasteiger partial charge in [0.1, 0.15) is 11.6 Å². The Labute approximate surface area is 189 Å². The Hall–Kier alpha value is -3.34. The van der Waals surface area contributed by atoms with Gasteiger partial charge in [-0.2, -0.15) is 0 Å². The van der Waals surface area contributed by atoms with Crippen molar-refractivity contribution in [2.24, 2.45) is 0 Å². The fraction of sp³-hybridized carbons (Fsp3) is 0.333. The summed E-state index contributed by atoms with van der Waals surface area (Å²) in [6, 6.07) is 17.1. The Morgan fingerprint density at radius 1 is 1.00 bits per heavy atom. The van der Waals surface area contributed by atoms with E-state index >= 15 is 0 Å². The van der Waals surface area contributed by atoms with Crippen molar-refractivity contribution in [3.05, 3.63) is 88.0 Å². The quantitative estimate of drug-likeness (QED) is 0.580. The molecule has 1 aliphatic carbocycles. The van der Waals surface area contributed by atoms with Crippen LogP contribution in [0.5, 0.6) is 5.75 Å². The number of carbonyl (C=O) groups excluding carboxylic acids is 1. The molecule has 1 aromatic heterocycles. The van der Waals surface area contributed by atoms with Crippen LogP contribution >= 0.6 is 0 Å². The van der Waals surface area contributed by atoms with Crippen LogP contribution in [0.15, 0.2) is 54.1 Å². The number of carbonyl (C=O) groups is 1. The van der Waals surface area contributed by atoms with Crippen LogP contribution in [0.3, 0.4) is 0 Å². The van der Waals surface area contributed by atoms with Crippen LogP contribution < -0.4 is 4.74 Å². The van der Waals surface area contributed by atoms with Gasteiger partial charge in [-0.25, -0.2) is 4.98 Å². The molecule has 164 valence electrons. The number of piperidine rings is 1. The second-order valence-corrected chi connectivity index (χ2v) is 8.67. The van der Waals surface area contributed by atoms with Gasteiger partial charge in [0, 0.05) is 30.9 Å². The maximum Gasteiger partial charge on any atom is 0.209 e. The molecule has 5 nitrogen and oxygen atoms in total. The van der Waals surface area contributed by atoms with E-state index < -0.39 is 0 Å². The third-order valence-corrected chi connectivity index (χ3v) is 6.82. The van der Waals surface area contributed by atoms with Crippen molar-refractivity contribution < 1.29 is 9.53 Å². The molecule has 1 saturated heterocycles. The van der Waals surface area contributed by atoms with Crippen LogP contribution in [-0.2, 0) is 24.2 Å².